The van der Waals surface area contributed by atoms with Crippen LogP contribution in [0.5, 0.6) is 0 Å². The van der Waals surface area contributed by atoms with Crippen LogP contribution >= 0.6 is 11.5 Å². The molecule has 0 unspecified atom stereocenters. The number of nitrogens with zero attached hydrogens (tertiary/aromatic N) is 3. The second kappa shape index (κ2) is 4.33. The molecule has 7 heteroatoms. The highest BCUT2D eigenvalue weighted by molar-refractivity contribution is 7.11. The maximum atomic E-state index is 12.2. The molecule has 17 heavy (non-hydrogen) atoms. The fraction of sp³-hybridized carbons (Fsp3) is 0.500. The van der Waals surface area contributed by atoms with Gasteiger partial charge in [-0.25, -0.2) is 4.79 Å². The molecule has 2 aromatic rings. The molecule has 0 radical (unpaired) electrons. The van der Waals surface area contributed by atoms with Gasteiger partial charge in [0.05, 0.1) is 0 Å². The molecular formula is C10H14N4O2S. The molecule has 2 heterocycles. The van der Waals surface area contributed by atoms with Crippen LogP contribution in [0.3, 0.4) is 0 Å². The van der Waals surface area contributed by atoms with Crippen molar-refractivity contribution in [3.63, 3.8) is 0 Å². The van der Waals surface area contributed by atoms with Crippen LogP contribution in [-0.2, 0) is 13.1 Å². The lowest BCUT2D eigenvalue weighted by atomic mass is 10.4. The molecule has 0 aliphatic heterocycles. The van der Waals surface area contributed by atoms with Gasteiger partial charge in [-0.3, -0.25) is 13.9 Å². The minimum absolute atomic E-state index is 0.268. The fourth-order valence-corrected chi connectivity index (χ4v) is 2.58. The SMILES string of the molecule is CCn1c(=O)c2c(NC)snc2n(CC)c1=O. The second-order valence-corrected chi connectivity index (χ2v) is 4.31. The zero-order chi connectivity index (χ0) is 12.6. The summed E-state index contributed by atoms with van der Waals surface area (Å²) in [6, 6.07) is 0. The van der Waals surface area contributed by atoms with Crippen LogP contribution in [-0.4, -0.2) is 20.6 Å². The molecule has 1 N–H and O–H groups in total. The number of hydrogen-bond acceptors (Lipinski definition) is 5. The van der Waals surface area contributed by atoms with Gasteiger partial charge in [0, 0.05) is 20.1 Å². The van der Waals surface area contributed by atoms with E-state index >= 15 is 0 Å². The number of nitrogens with one attached hydrogen (secondary N) is 1. The summed E-state index contributed by atoms with van der Waals surface area (Å²) in [5.41, 5.74) is -0.0858. The highest BCUT2D eigenvalue weighted by atomic mass is 32.1. The average Bonchev–Trinajstić information content (AvgIpc) is 2.74. The van der Waals surface area contributed by atoms with Crippen molar-refractivity contribution in [3.05, 3.63) is 20.8 Å². The lowest BCUT2D eigenvalue weighted by Crippen LogP contribution is -2.39. The first-order chi connectivity index (χ1) is 8.15. The molecule has 0 aliphatic rings. The van der Waals surface area contributed by atoms with E-state index < -0.39 is 0 Å². The summed E-state index contributed by atoms with van der Waals surface area (Å²) in [6.45, 7) is 4.52. The Kier molecular flexibility index (Phi) is 3.01. The summed E-state index contributed by atoms with van der Waals surface area (Å²) in [4.78, 5) is 24.2. The molecule has 92 valence electrons. The zero-order valence-corrected chi connectivity index (χ0v) is 10.8. The van der Waals surface area contributed by atoms with Crippen molar-refractivity contribution in [1.29, 1.82) is 0 Å². The Labute approximate surface area is 102 Å². The van der Waals surface area contributed by atoms with Crippen LogP contribution < -0.4 is 16.6 Å². The number of aromatic nitrogens is 3. The van der Waals surface area contributed by atoms with Gasteiger partial charge < -0.3 is 5.32 Å². The fourth-order valence-electron chi connectivity index (χ4n) is 1.85. The summed E-state index contributed by atoms with van der Waals surface area (Å²) in [5.74, 6) is 0. The van der Waals surface area contributed by atoms with Crippen molar-refractivity contribution in [2.75, 3.05) is 12.4 Å². The predicted octanol–water partition coefficient (Wildman–Crippen LogP) is 0.701. The molecule has 2 rings (SSSR count). The molecule has 0 amide bonds. The molecule has 0 fully saturated rings. The predicted molar refractivity (Wildman–Crippen MR) is 69.0 cm³/mol. The van der Waals surface area contributed by atoms with Crippen molar-refractivity contribution in [2.45, 2.75) is 26.9 Å². The Bertz CT molecular complexity index is 667. The third-order valence-electron chi connectivity index (χ3n) is 2.71. The van der Waals surface area contributed by atoms with E-state index in [2.05, 4.69) is 9.69 Å². The summed E-state index contributed by atoms with van der Waals surface area (Å²) in [7, 11) is 1.74. The topological polar surface area (TPSA) is 68.9 Å². The molecule has 0 spiro atoms. The second-order valence-electron chi connectivity index (χ2n) is 3.54. The van der Waals surface area contributed by atoms with Crippen molar-refractivity contribution in [3.8, 4) is 0 Å². The Morgan fingerprint density at radius 3 is 2.41 bits per heavy atom. The molecule has 0 aromatic carbocycles. The molecule has 0 saturated carbocycles. The monoisotopic (exact) mass is 254 g/mol. The van der Waals surface area contributed by atoms with E-state index in [-0.39, 0.29) is 11.2 Å². The van der Waals surface area contributed by atoms with E-state index in [1.807, 2.05) is 6.92 Å². The molecule has 0 atom stereocenters. The number of rotatable bonds is 3. The molecule has 6 nitrogen and oxygen atoms in total. The van der Waals surface area contributed by atoms with Gasteiger partial charge >= 0.3 is 5.69 Å². The van der Waals surface area contributed by atoms with Crippen LogP contribution in [0, 0.1) is 0 Å². The Hall–Kier alpha value is -1.63. The van der Waals surface area contributed by atoms with Crippen LogP contribution in [0.4, 0.5) is 5.00 Å². The van der Waals surface area contributed by atoms with Gasteiger partial charge in [-0.2, -0.15) is 4.37 Å². The van der Waals surface area contributed by atoms with Crippen LogP contribution in [0.2, 0.25) is 0 Å². The number of anilines is 1. The summed E-state index contributed by atoms with van der Waals surface area (Å²) >= 11 is 1.20. The zero-order valence-electron chi connectivity index (χ0n) is 9.98. The van der Waals surface area contributed by atoms with Crippen LogP contribution in [0.1, 0.15) is 13.8 Å². The first-order valence-electron chi connectivity index (χ1n) is 5.46. The summed E-state index contributed by atoms with van der Waals surface area (Å²) < 4.78 is 6.95. The normalized spacial score (nSPS) is 11.0. The summed E-state index contributed by atoms with van der Waals surface area (Å²) in [6.07, 6.45) is 0. The molecule has 0 saturated heterocycles. The quantitative estimate of drug-likeness (QED) is 0.875. The third-order valence-corrected chi connectivity index (χ3v) is 3.57. The van der Waals surface area contributed by atoms with E-state index in [1.165, 1.54) is 20.7 Å². The van der Waals surface area contributed by atoms with Crippen LogP contribution in [0.15, 0.2) is 9.59 Å². The maximum absolute atomic E-state index is 12.2. The molecule has 0 aliphatic carbocycles. The van der Waals surface area contributed by atoms with Crippen LogP contribution in [0.25, 0.3) is 11.0 Å². The number of fused-ring (bicyclic) bond motifs is 1. The lowest BCUT2D eigenvalue weighted by Gasteiger charge is -2.07. The Morgan fingerprint density at radius 2 is 1.88 bits per heavy atom. The minimum atomic E-state index is -0.291. The van der Waals surface area contributed by atoms with Gasteiger partial charge in [-0.15, -0.1) is 0 Å². The van der Waals surface area contributed by atoms with Crippen molar-refractivity contribution in [1.82, 2.24) is 13.5 Å². The van der Waals surface area contributed by atoms with Gasteiger partial charge in [0.1, 0.15) is 10.4 Å². The standard InChI is InChI=1S/C10H14N4O2S/c1-4-13-7-6(8(11-3)17-12-7)9(15)14(5-2)10(13)16/h11H,4-5H2,1-3H3. The van der Waals surface area contributed by atoms with Crippen molar-refractivity contribution >= 4 is 27.6 Å². The van der Waals surface area contributed by atoms with Crippen molar-refractivity contribution < 1.29 is 0 Å². The van der Waals surface area contributed by atoms with E-state index in [4.69, 9.17) is 0 Å². The highest BCUT2D eigenvalue weighted by Crippen LogP contribution is 2.22. The van der Waals surface area contributed by atoms with Crippen molar-refractivity contribution in [2.24, 2.45) is 0 Å². The largest absolute Gasteiger partial charge is 0.378 e. The summed E-state index contributed by atoms with van der Waals surface area (Å²) in [5, 5.41) is 4.14. The van der Waals surface area contributed by atoms with Gasteiger partial charge in [0.2, 0.25) is 0 Å². The Balaban J connectivity index is 3.04. The first kappa shape index (κ1) is 11.8. The number of aryl methyl sites for hydroxylation is 1. The van der Waals surface area contributed by atoms with Gasteiger partial charge in [0.25, 0.3) is 5.56 Å². The lowest BCUT2D eigenvalue weighted by molar-refractivity contribution is 0.607. The highest BCUT2D eigenvalue weighted by Gasteiger charge is 2.17. The van der Waals surface area contributed by atoms with E-state index in [0.717, 1.165) is 0 Å². The third kappa shape index (κ3) is 1.57. The average molecular weight is 254 g/mol. The molecular weight excluding hydrogens is 240 g/mol. The number of hydrogen-bond donors (Lipinski definition) is 1. The Morgan fingerprint density at radius 1 is 1.24 bits per heavy atom. The smallest absolute Gasteiger partial charge is 0.332 e. The minimum Gasteiger partial charge on any atom is -0.378 e. The van der Waals surface area contributed by atoms with E-state index in [0.29, 0.717) is 29.1 Å². The van der Waals surface area contributed by atoms with E-state index in [9.17, 15) is 9.59 Å². The maximum Gasteiger partial charge on any atom is 0.332 e. The molecule has 0 bridgehead atoms. The van der Waals surface area contributed by atoms with E-state index in [1.54, 1.807) is 14.0 Å². The van der Waals surface area contributed by atoms with Gasteiger partial charge in [-0.05, 0) is 25.4 Å². The van der Waals surface area contributed by atoms with Gasteiger partial charge in [0.15, 0.2) is 5.65 Å². The van der Waals surface area contributed by atoms with Gasteiger partial charge in [-0.1, -0.05) is 0 Å². The first-order valence-corrected chi connectivity index (χ1v) is 6.23. The molecule has 2 aromatic heterocycles.